The quantitative estimate of drug-likeness (QED) is 0.537. The molecule has 1 saturated heterocycles. The number of urea groups is 1. The summed E-state index contributed by atoms with van der Waals surface area (Å²) in [5.41, 5.74) is -0.814. The van der Waals surface area contributed by atoms with E-state index in [2.05, 4.69) is 36.6 Å². The molecule has 2 heterocycles. The lowest BCUT2D eigenvalue weighted by atomic mass is 9.67. The third-order valence-electron chi connectivity index (χ3n) is 6.15. The minimum atomic E-state index is -1.14. The van der Waals surface area contributed by atoms with Crippen molar-refractivity contribution in [3.05, 3.63) is 11.8 Å². The molecule has 1 unspecified atom stereocenters. The van der Waals surface area contributed by atoms with Crippen LogP contribution in [0.1, 0.15) is 59.1 Å². The van der Waals surface area contributed by atoms with Gasteiger partial charge in [0.05, 0.1) is 0 Å². The number of carbonyl (C=O) groups excluding carboxylic acids is 4. The monoisotopic (exact) mass is 434 g/mol. The van der Waals surface area contributed by atoms with Crippen LogP contribution in [0.3, 0.4) is 0 Å². The summed E-state index contributed by atoms with van der Waals surface area (Å²) in [6.45, 7) is 9.04. The molecule has 3 rings (SSSR count). The number of anilines is 1. The highest BCUT2D eigenvalue weighted by atomic mass is 16.5. The number of rotatable bonds is 5. The van der Waals surface area contributed by atoms with Gasteiger partial charge in [0.2, 0.25) is 0 Å². The van der Waals surface area contributed by atoms with Gasteiger partial charge in [-0.1, -0.05) is 25.9 Å². The van der Waals surface area contributed by atoms with Crippen molar-refractivity contribution in [3.63, 3.8) is 0 Å². The number of esters is 1. The summed E-state index contributed by atoms with van der Waals surface area (Å²) in [7, 11) is 0. The van der Waals surface area contributed by atoms with Crippen LogP contribution in [-0.2, 0) is 19.1 Å². The van der Waals surface area contributed by atoms with E-state index in [0.29, 0.717) is 24.5 Å². The van der Waals surface area contributed by atoms with Crippen molar-refractivity contribution in [3.8, 4) is 0 Å². The van der Waals surface area contributed by atoms with E-state index in [-0.39, 0.29) is 11.2 Å². The van der Waals surface area contributed by atoms with Crippen LogP contribution in [-0.4, -0.2) is 52.1 Å². The van der Waals surface area contributed by atoms with Crippen LogP contribution in [0.25, 0.3) is 0 Å². The lowest BCUT2D eigenvalue weighted by molar-refractivity contribution is -0.155. The van der Waals surface area contributed by atoms with Gasteiger partial charge in [0.15, 0.2) is 11.9 Å². The molecule has 2 fully saturated rings. The van der Waals surface area contributed by atoms with Gasteiger partial charge in [-0.2, -0.15) is 0 Å². The Balaban J connectivity index is 1.55. The predicted molar refractivity (Wildman–Crippen MR) is 110 cm³/mol. The number of aromatic nitrogens is 1. The zero-order chi connectivity index (χ0) is 23.0. The maximum atomic E-state index is 13.0. The van der Waals surface area contributed by atoms with Crippen molar-refractivity contribution in [2.45, 2.75) is 71.9 Å². The van der Waals surface area contributed by atoms with E-state index < -0.39 is 42.0 Å². The van der Waals surface area contributed by atoms with E-state index in [9.17, 15) is 19.2 Å². The normalized spacial score (nSPS) is 24.8. The lowest BCUT2D eigenvalue weighted by Crippen LogP contribution is -2.50. The van der Waals surface area contributed by atoms with Gasteiger partial charge in [0.25, 0.3) is 11.8 Å². The second-order valence-corrected chi connectivity index (χ2v) is 9.49. The van der Waals surface area contributed by atoms with Gasteiger partial charge in [0.1, 0.15) is 17.8 Å². The fourth-order valence-corrected chi connectivity index (χ4v) is 4.21. The SMILES string of the molecule is Cc1cc(NC(=O)C(C)OC(=O)CN2C(=O)NC3(CCC(C(C)(C)C)CC3)C2=O)no1. The largest absolute Gasteiger partial charge is 0.451 e. The van der Waals surface area contributed by atoms with E-state index in [1.165, 1.54) is 13.0 Å². The van der Waals surface area contributed by atoms with Gasteiger partial charge in [0, 0.05) is 6.07 Å². The molecule has 4 amide bonds. The van der Waals surface area contributed by atoms with Crippen molar-refractivity contribution in [2.75, 3.05) is 11.9 Å². The van der Waals surface area contributed by atoms with Crippen LogP contribution < -0.4 is 10.6 Å². The molecular weight excluding hydrogens is 404 g/mol. The summed E-state index contributed by atoms with van der Waals surface area (Å²) >= 11 is 0. The molecular formula is C21H30N4O6. The molecule has 0 bridgehead atoms. The summed E-state index contributed by atoms with van der Waals surface area (Å²) in [5, 5.41) is 8.89. The average molecular weight is 434 g/mol. The molecule has 31 heavy (non-hydrogen) atoms. The third-order valence-corrected chi connectivity index (χ3v) is 6.15. The van der Waals surface area contributed by atoms with Crippen LogP contribution in [0.15, 0.2) is 10.6 Å². The van der Waals surface area contributed by atoms with Crippen molar-refractivity contribution < 1.29 is 28.4 Å². The van der Waals surface area contributed by atoms with Gasteiger partial charge in [-0.3, -0.25) is 19.3 Å². The third kappa shape index (κ3) is 4.88. The lowest BCUT2D eigenvalue weighted by Gasteiger charge is -2.40. The molecule has 1 aliphatic heterocycles. The molecule has 10 nitrogen and oxygen atoms in total. The number of imide groups is 1. The maximum absolute atomic E-state index is 13.0. The molecule has 2 N–H and O–H groups in total. The van der Waals surface area contributed by atoms with Gasteiger partial charge in [-0.25, -0.2) is 4.79 Å². The Morgan fingerprint density at radius 1 is 1.35 bits per heavy atom. The van der Waals surface area contributed by atoms with Gasteiger partial charge in [-0.15, -0.1) is 0 Å². The van der Waals surface area contributed by atoms with Crippen LogP contribution >= 0.6 is 0 Å². The average Bonchev–Trinajstić information content (AvgIpc) is 3.17. The smallest absolute Gasteiger partial charge is 0.327 e. The van der Waals surface area contributed by atoms with Gasteiger partial charge >= 0.3 is 12.0 Å². The summed E-state index contributed by atoms with van der Waals surface area (Å²) in [5.74, 6) is -0.665. The molecule has 1 saturated carbocycles. The van der Waals surface area contributed by atoms with Gasteiger partial charge in [-0.05, 0) is 50.9 Å². The first kappa shape index (κ1) is 22.8. The summed E-state index contributed by atoms with van der Waals surface area (Å²) in [6.07, 6.45) is 1.60. The van der Waals surface area contributed by atoms with E-state index in [0.717, 1.165) is 17.7 Å². The van der Waals surface area contributed by atoms with Crippen LogP contribution in [0, 0.1) is 18.3 Å². The number of nitrogens with zero attached hydrogens (tertiary/aromatic N) is 2. The van der Waals surface area contributed by atoms with Crippen LogP contribution in [0.4, 0.5) is 10.6 Å². The zero-order valence-corrected chi connectivity index (χ0v) is 18.6. The number of hydrogen-bond acceptors (Lipinski definition) is 7. The molecule has 2 aliphatic rings. The topological polar surface area (TPSA) is 131 Å². The highest BCUT2D eigenvalue weighted by Crippen LogP contribution is 2.43. The molecule has 1 spiro atoms. The molecule has 1 aliphatic carbocycles. The van der Waals surface area contributed by atoms with Gasteiger partial charge < -0.3 is 19.9 Å². The highest BCUT2D eigenvalue weighted by Gasteiger charge is 2.53. The Labute approximate surface area is 181 Å². The Morgan fingerprint density at radius 3 is 2.55 bits per heavy atom. The Bertz CT molecular complexity index is 879. The Morgan fingerprint density at radius 2 is 2.00 bits per heavy atom. The van der Waals surface area contributed by atoms with Crippen LogP contribution in [0.2, 0.25) is 0 Å². The summed E-state index contributed by atoms with van der Waals surface area (Å²) < 4.78 is 9.96. The number of hydrogen-bond donors (Lipinski definition) is 2. The minimum absolute atomic E-state index is 0.137. The van der Waals surface area contributed by atoms with Crippen molar-refractivity contribution in [2.24, 2.45) is 11.3 Å². The maximum Gasteiger partial charge on any atom is 0.327 e. The fourth-order valence-electron chi connectivity index (χ4n) is 4.21. The first-order valence-corrected chi connectivity index (χ1v) is 10.5. The molecule has 10 heteroatoms. The van der Waals surface area contributed by atoms with E-state index in [4.69, 9.17) is 9.26 Å². The van der Waals surface area contributed by atoms with Crippen molar-refractivity contribution in [1.82, 2.24) is 15.4 Å². The molecule has 0 radical (unpaired) electrons. The number of ether oxygens (including phenoxy) is 1. The first-order valence-electron chi connectivity index (χ1n) is 10.5. The fraction of sp³-hybridized carbons (Fsp3) is 0.667. The molecule has 1 atom stereocenters. The summed E-state index contributed by atoms with van der Waals surface area (Å²) in [4.78, 5) is 50.7. The Hall–Kier alpha value is -2.91. The Kier molecular flexibility index (Phi) is 6.11. The standard InChI is InChI=1S/C21H30N4O6/c1-12-10-15(24-31-12)22-17(27)13(2)30-16(26)11-25-18(28)21(23-19(25)29)8-6-14(7-9-21)20(3,4)5/h10,13-14H,6-9,11H2,1-5H3,(H,23,29)(H,22,24,27). The number of carbonyl (C=O) groups is 4. The van der Waals surface area contributed by atoms with E-state index in [1.807, 2.05) is 0 Å². The minimum Gasteiger partial charge on any atom is -0.451 e. The zero-order valence-electron chi connectivity index (χ0n) is 18.6. The number of amides is 4. The second-order valence-electron chi connectivity index (χ2n) is 9.49. The van der Waals surface area contributed by atoms with Crippen LogP contribution in [0.5, 0.6) is 0 Å². The first-order chi connectivity index (χ1) is 14.4. The van der Waals surface area contributed by atoms with Crippen molar-refractivity contribution >= 4 is 29.6 Å². The predicted octanol–water partition coefficient (Wildman–Crippen LogP) is 2.38. The molecule has 0 aromatic carbocycles. The van der Waals surface area contributed by atoms with Crippen molar-refractivity contribution in [1.29, 1.82) is 0 Å². The van der Waals surface area contributed by atoms with E-state index >= 15 is 0 Å². The van der Waals surface area contributed by atoms with E-state index in [1.54, 1.807) is 6.92 Å². The molecule has 1 aromatic rings. The number of nitrogens with one attached hydrogen (secondary N) is 2. The number of aryl methyl sites for hydroxylation is 1. The molecule has 170 valence electrons. The second kappa shape index (κ2) is 8.32. The highest BCUT2D eigenvalue weighted by molar-refractivity contribution is 6.08. The summed E-state index contributed by atoms with van der Waals surface area (Å²) in [6, 6.07) is 0.916. The molecule has 1 aromatic heterocycles.